The van der Waals surface area contributed by atoms with Crippen LogP contribution in [0.5, 0.6) is 0 Å². The van der Waals surface area contributed by atoms with E-state index in [2.05, 4.69) is 54.3 Å². The van der Waals surface area contributed by atoms with E-state index in [-0.39, 0.29) is 0 Å². The summed E-state index contributed by atoms with van der Waals surface area (Å²) in [6.07, 6.45) is 3.44. The first kappa shape index (κ1) is 17.0. The maximum absolute atomic E-state index is 8.49. The molecule has 2 aromatic rings. The Labute approximate surface area is 124 Å². The van der Waals surface area contributed by atoms with Crippen LogP contribution >= 0.6 is 11.5 Å². The normalized spacial score (nSPS) is 10.9. The number of rotatable bonds is 3. The Bertz CT molecular complexity index is 519. The summed E-state index contributed by atoms with van der Waals surface area (Å²) in [7, 11) is -4.94. The molecule has 0 fully saturated rings. The zero-order valence-corrected chi connectivity index (χ0v) is 12.8. The van der Waals surface area contributed by atoms with Crippen LogP contribution in [0.2, 0.25) is 0 Å². The van der Waals surface area contributed by atoms with Gasteiger partial charge < -0.3 is 0 Å². The minimum Gasteiger partial charge on any atom is -0.222 e. The minimum atomic E-state index is -4.94. The molecule has 110 valence electrons. The molecule has 0 aliphatic carbocycles. The highest BCUT2D eigenvalue weighted by Crippen LogP contribution is 2.25. The van der Waals surface area contributed by atoms with E-state index in [4.69, 9.17) is 18.6 Å². The quantitative estimate of drug-likeness (QED) is 0.655. The molecule has 0 aliphatic heterocycles. The van der Waals surface area contributed by atoms with Crippen LogP contribution in [0.15, 0.2) is 36.5 Å². The van der Waals surface area contributed by atoms with Gasteiger partial charge in [0.05, 0.1) is 0 Å². The summed E-state index contributed by atoms with van der Waals surface area (Å²) in [5, 5.41) is 0. The molecule has 0 N–H and O–H groups in total. The van der Waals surface area contributed by atoms with Crippen molar-refractivity contribution in [1.29, 1.82) is 0 Å². The molecule has 0 aliphatic rings. The van der Waals surface area contributed by atoms with Gasteiger partial charge in [-0.05, 0) is 12.5 Å². The second kappa shape index (κ2) is 7.68. The zero-order valence-electron chi connectivity index (χ0n) is 11.2. The summed E-state index contributed by atoms with van der Waals surface area (Å²) in [6, 6.07) is 10.6. The van der Waals surface area contributed by atoms with Gasteiger partial charge in [0.1, 0.15) is 16.4 Å². The molecule has 0 atom stereocenters. The largest absolute Gasteiger partial charge is 0.222 e. The van der Waals surface area contributed by atoms with E-state index in [1.54, 1.807) is 0 Å². The molecule has 0 amide bonds. The Morgan fingerprint density at radius 2 is 1.65 bits per heavy atom. The highest BCUT2D eigenvalue weighted by atomic mass is 35.7. The molecule has 0 bridgehead atoms. The maximum Gasteiger partial charge on any atom is 0.187 e. The lowest BCUT2D eigenvalue weighted by Gasteiger charge is -2.17. The Morgan fingerprint density at radius 1 is 1.10 bits per heavy atom. The summed E-state index contributed by atoms with van der Waals surface area (Å²) < 4.78 is 36.3. The van der Waals surface area contributed by atoms with Crippen LogP contribution in [-0.2, 0) is 6.54 Å². The third kappa shape index (κ3) is 6.42. The molecule has 1 heterocycles. The number of aromatic nitrogens is 1. The number of hydrogen-bond acceptors (Lipinski definition) is 5. The van der Waals surface area contributed by atoms with E-state index < -0.39 is 10.2 Å². The first-order valence-corrected chi connectivity index (χ1v) is 7.99. The molecular formula is C13H16ClNO4S. The van der Waals surface area contributed by atoms with Gasteiger partial charge in [-0.25, -0.2) is 18.6 Å². The van der Waals surface area contributed by atoms with Gasteiger partial charge in [-0.1, -0.05) is 37.3 Å². The van der Waals surface area contributed by atoms with Crippen molar-refractivity contribution in [3.63, 3.8) is 0 Å². The van der Waals surface area contributed by atoms with E-state index in [0.29, 0.717) is 0 Å². The molecule has 1 aromatic carbocycles. The fourth-order valence-corrected chi connectivity index (χ4v) is 2.85. The molecule has 1 aromatic heterocycles. The Balaban J connectivity index is 0.000000347. The van der Waals surface area contributed by atoms with Crippen molar-refractivity contribution in [2.24, 2.45) is 0 Å². The third-order valence-corrected chi connectivity index (χ3v) is 3.65. The number of halogens is 1. The predicted octanol–water partition coefficient (Wildman–Crippen LogP) is -1.33. The monoisotopic (exact) mass is 317 g/mol. The molecule has 0 saturated heterocycles. The van der Waals surface area contributed by atoms with Crippen molar-refractivity contribution in [3.8, 4) is 10.4 Å². The van der Waals surface area contributed by atoms with Crippen LogP contribution in [0.3, 0.4) is 0 Å². The molecular weight excluding hydrogens is 302 g/mol. The topological polar surface area (TPSA) is 96.1 Å². The summed E-state index contributed by atoms with van der Waals surface area (Å²) in [6.45, 7) is 5.52. The Kier molecular flexibility index (Phi) is 6.54. The van der Waals surface area contributed by atoms with Crippen LogP contribution in [0.4, 0.5) is 0 Å². The van der Waals surface area contributed by atoms with E-state index >= 15 is 0 Å². The summed E-state index contributed by atoms with van der Waals surface area (Å²) in [4.78, 5) is 1.39. The van der Waals surface area contributed by atoms with Gasteiger partial charge in [0, 0.05) is 12.0 Å². The van der Waals surface area contributed by atoms with Crippen molar-refractivity contribution < 1.29 is 32.8 Å². The van der Waals surface area contributed by atoms with Crippen LogP contribution in [0.1, 0.15) is 18.9 Å². The summed E-state index contributed by atoms with van der Waals surface area (Å²) in [5.74, 6) is 0. The van der Waals surface area contributed by atoms with Crippen molar-refractivity contribution >= 4 is 11.5 Å². The lowest BCUT2D eigenvalue weighted by atomic mass is 10.1. The second-order valence-corrected chi connectivity index (χ2v) is 5.93. The van der Waals surface area contributed by atoms with Gasteiger partial charge >= 0.3 is 0 Å². The van der Waals surface area contributed by atoms with Gasteiger partial charge in [-0.2, -0.15) is 0 Å². The summed E-state index contributed by atoms with van der Waals surface area (Å²) in [5.41, 5.74) is 2.70. The zero-order chi connectivity index (χ0) is 15.2. The number of benzene rings is 1. The second-order valence-electron chi connectivity index (χ2n) is 4.12. The Hall–Kier alpha value is -1.02. The summed E-state index contributed by atoms with van der Waals surface area (Å²) >= 11 is 1.85. The van der Waals surface area contributed by atoms with Crippen LogP contribution < -0.4 is 22.6 Å². The van der Waals surface area contributed by atoms with E-state index in [0.717, 1.165) is 6.54 Å². The van der Waals surface area contributed by atoms with Crippen LogP contribution in [-0.4, -0.2) is 0 Å². The minimum absolute atomic E-state index is 1.12. The molecule has 5 nitrogen and oxygen atoms in total. The van der Waals surface area contributed by atoms with Crippen molar-refractivity contribution in [3.05, 3.63) is 42.1 Å². The lowest BCUT2D eigenvalue weighted by molar-refractivity contribution is -2.00. The van der Waals surface area contributed by atoms with Gasteiger partial charge in [0.15, 0.2) is 12.7 Å². The van der Waals surface area contributed by atoms with Crippen LogP contribution in [0.25, 0.3) is 10.4 Å². The molecule has 0 saturated carbocycles. The molecule has 2 rings (SSSR count). The van der Waals surface area contributed by atoms with Gasteiger partial charge in [0.2, 0.25) is 0 Å². The molecule has 20 heavy (non-hydrogen) atoms. The first-order chi connectivity index (χ1) is 9.31. The van der Waals surface area contributed by atoms with Crippen LogP contribution in [0, 0.1) is 17.2 Å². The van der Waals surface area contributed by atoms with Gasteiger partial charge in [-0.15, -0.1) is 14.2 Å². The molecule has 0 unspecified atom stereocenters. The smallest absolute Gasteiger partial charge is 0.187 e. The van der Waals surface area contributed by atoms with Gasteiger partial charge in [-0.3, -0.25) is 0 Å². The van der Waals surface area contributed by atoms with Crippen molar-refractivity contribution in [2.45, 2.75) is 26.8 Å². The van der Waals surface area contributed by atoms with Gasteiger partial charge in [0.25, 0.3) is 0 Å². The number of hydrogen-bond donors (Lipinski definition) is 0. The third-order valence-electron chi connectivity index (χ3n) is 2.38. The highest BCUT2D eigenvalue weighted by Gasteiger charge is 2.13. The lowest BCUT2D eigenvalue weighted by Crippen LogP contribution is -2.68. The molecule has 7 heteroatoms. The predicted molar refractivity (Wildman–Crippen MR) is 65.0 cm³/mol. The SMILES string of the molecule is CCC[n+]1cc(C)c(-c2ccccc2)s1.[O-][Cl+3]([O-])([O-])[O-]. The molecule has 0 spiro atoms. The van der Waals surface area contributed by atoms with E-state index in [1.165, 1.54) is 22.4 Å². The highest BCUT2D eigenvalue weighted by molar-refractivity contribution is 7.05. The fourth-order valence-electron chi connectivity index (χ4n) is 1.69. The fraction of sp³-hybridized carbons (Fsp3) is 0.308. The standard InChI is InChI=1S/C13H16NS.ClHO4/c1-3-9-14-10-11(2)13(15-14)12-7-5-4-6-8-12;2-1(3,4)5/h4-8,10H,3,9H2,1-2H3;(H,2,3,4,5)/q+1;/p-1. The van der Waals surface area contributed by atoms with Crippen molar-refractivity contribution in [1.82, 2.24) is 0 Å². The molecule has 0 radical (unpaired) electrons. The number of aryl methyl sites for hydroxylation is 2. The maximum atomic E-state index is 8.49. The van der Waals surface area contributed by atoms with E-state index in [9.17, 15) is 0 Å². The van der Waals surface area contributed by atoms with Crippen molar-refractivity contribution in [2.75, 3.05) is 0 Å². The average molecular weight is 318 g/mol. The Morgan fingerprint density at radius 3 is 2.15 bits per heavy atom. The van der Waals surface area contributed by atoms with E-state index in [1.807, 2.05) is 11.5 Å². The number of nitrogens with zero attached hydrogens (tertiary/aromatic N) is 1. The average Bonchev–Trinajstić information content (AvgIpc) is 2.70. The first-order valence-electron chi connectivity index (χ1n) is 5.98.